The second-order valence-electron chi connectivity index (χ2n) is 4.10. The van der Waals surface area contributed by atoms with Gasteiger partial charge in [0.2, 0.25) is 0 Å². The van der Waals surface area contributed by atoms with Crippen molar-refractivity contribution in [3.05, 3.63) is 57.0 Å². The molecular formula is C15H12Br2N2O. The van der Waals surface area contributed by atoms with E-state index < -0.39 is 6.04 Å². The molecule has 0 aliphatic rings. The highest BCUT2D eigenvalue weighted by Crippen LogP contribution is 2.30. The van der Waals surface area contributed by atoms with Gasteiger partial charge < -0.3 is 10.1 Å². The fourth-order valence-electron chi connectivity index (χ4n) is 1.79. The highest BCUT2D eigenvalue weighted by molar-refractivity contribution is 9.10. The van der Waals surface area contributed by atoms with Gasteiger partial charge in [-0.1, -0.05) is 37.9 Å². The molecule has 0 fully saturated rings. The van der Waals surface area contributed by atoms with Crippen molar-refractivity contribution in [3.63, 3.8) is 0 Å². The molecule has 2 aromatic carbocycles. The lowest BCUT2D eigenvalue weighted by atomic mass is 10.1. The summed E-state index contributed by atoms with van der Waals surface area (Å²) in [5.74, 6) is 0.722. The summed E-state index contributed by atoms with van der Waals surface area (Å²) in [6.45, 7) is 0. The molecule has 0 aliphatic carbocycles. The number of nitriles is 1. The monoisotopic (exact) mass is 394 g/mol. The van der Waals surface area contributed by atoms with Crippen LogP contribution in [0.5, 0.6) is 5.75 Å². The average Bonchev–Trinajstić information content (AvgIpc) is 2.46. The molecule has 0 radical (unpaired) electrons. The standard InChI is InChI=1S/C15H12Br2N2O/c1-20-12-5-6-14(17)13(8-12)15(9-18)19-11-4-2-3-10(16)7-11/h2-8,15,19H,1H3. The van der Waals surface area contributed by atoms with Crippen LogP contribution in [0, 0.1) is 11.3 Å². The van der Waals surface area contributed by atoms with Crippen molar-refractivity contribution in [1.82, 2.24) is 0 Å². The Kier molecular flexibility index (Phi) is 5.05. The molecule has 0 bridgehead atoms. The van der Waals surface area contributed by atoms with Crippen molar-refractivity contribution in [2.75, 3.05) is 12.4 Å². The summed E-state index contributed by atoms with van der Waals surface area (Å²) in [4.78, 5) is 0. The zero-order valence-electron chi connectivity index (χ0n) is 10.7. The topological polar surface area (TPSA) is 45.0 Å². The Balaban J connectivity index is 2.31. The molecule has 0 spiro atoms. The van der Waals surface area contributed by atoms with Crippen LogP contribution in [0.3, 0.4) is 0 Å². The lowest BCUT2D eigenvalue weighted by Crippen LogP contribution is -2.09. The van der Waals surface area contributed by atoms with Crippen LogP contribution in [0.15, 0.2) is 51.4 Å². The molecule has 1 N–H and O–H groups in total. The number of nitrogens with zero attached hydrogens (tertiary/aromatic N) is 1. The van der Waals surface area contributed by atoms with E-state index in [0.29, 0.717) is 0 Å². The fraction of sp³-hybridized carbons (Fsp3) is 0.133. The summed E-state index contributed by atoms with van der Waals surface area (Å²) >= 11 is 6.89. The summed E-state index contributed by atoms with van der Waals surface area (Å²) < 4.78 is 7.04. The molecule has 0 aromatic heterocycles. The largest absolute Gasteiger partial charge is 0.497 e. The lowest BCUT2D eigenvalue weighted by Gasteiger charge is -2.16. The molecule has 0 heterocycles. The number of benzene rings is 2. The second kappa shape index (κ2) is 6.78. The van der Waals surface area contributed by atoms with E-state index in [2.05, 4.69) is 43.2 Å². The van der Waals surface area contributed by atoms with Crippen molar-refractivity contribution in [2.45, 2.75) is 6.04 Å². The van der Waals surface area contributed by atoms with Gasteiger partial charge in [-0.2, -0.15) is 5.26 Å². The molecule has 0 aliphatic heterocycles. The first-order valence-corrected chi connectivity index (χ1v) is 7.48. The first-order valence-electron chi connectivity index (χ1n) is 5.89. The van der Waals surface area contributed by atoms with Crippen LogP contribution in [-0.4, -0.2) is 7.11 Å². The lowest BCUT2D eigenvalue weighted by molar-refractivity contribution is 0.414. The molecule has 0 saturated carbocycles. The third kappa shape index (κ3) is 3.53. The highest BCUT2D eigenvalue weighted by atomic mass is 79.9. The van der Waals surface area contributed by atoms with E-state index in [1.165, 1.54) is 0 Å². The average molecular weight is 396 g/mol. The fourth-order valence-corrected chi connectivity index (χ4v) is 2.67. The molecule has 1 unspecified atom stereocenters. The number of halogens is 2. The molecule has 1 atom stereocenters. The highest BCUT2D eigenvalue weighted by Gasteiger charge is 2.15. The van der Waals surface area contributed by atoms with Gasteiger partial charge in [-0.15, -0.1) is 0 Å². The molecule has 0 amide bonds. The van der Waals surface area contributed by atoms with Crippen LogP contribution in [0.25, 0.3) is 0 Å². The Morgan fingerprint density at radius 2 is 2.00 bits per heavy atom. The van der Waals surface area contributed by atoms with E-state index in [1.54, 1.807) is 7.11 Å². The Bertz CT molecular complexity index is 653. The van der Waals surface area contributed by atoms with Gasteiger partial charge in [0.15, 0.2) is 0 Å². The Morgan fingerprint density at radius 1 is 1.20 bits per heavy atom. The number of anilines is 1. The molecule has 20 heavy (non-hydrogen) atoms. The van der Waals surface area contributed by atoms with Crippen LogP contribution in [0.1, 0.15) is 11.6 Å². The summed E-state index contributed by atoms with van der Waals surface area (Å²) in [5.41, 5.74) is 1.72. The first-order chi connectivity index (χ1) is 9.63. The van der Waals surface area contributed by atoms with Gasteiger partial charge in [-0.3, -0.25) is 0 Å². The molecule has 2 aromatic rings. The minimum Gasteiger partial charge on any atom is -0.497 e. The number of ether oxygens (including phenoxy) is 1. The summed E-state index contributed by atoms with van der Waals surface area (Å²) in [6.07, 6.45) is 0. The van der Waals surface area contributed by atoms with E-state index in [9.17, 15) is 5.26 Å². The minimum absolute atomic E-state index is 0.464. The summed E-state index contributed by atoms with van der Waals surface area (Å²) in [7, 11) is 1.61. The maximum atomic E-state index is 9.41. The number of hydrogen-bond acceptors (Lipinski definition) is 3. The van der Waals surface area contributed by atoms with Crippen molar-refractivity contribution in [3.8, 4) is 11.8 Å². The molecular weight excluding hydrogens is 384 g/mol. The van der Waals surface area contributed by atoms with Crippen LogP contribution < -0.4 is 10.1 Å². The van der Waals surface area contributed by atoms with E-state index in [4.69, 9.17) is 4.74 Å². The smallest absolute Gasteiger partial charge is 0.141 e. The normalized spacial score (nSPS) is 11.5. The molecule has 2 rings (SSSR count). The van der Waals surface area contributed by atoms with E-state index in [-0.39, 0.29) is 0 Å². The number of hydrogen-bond donors (Lipinski definition) is 1. The first kappa shape index (κ1) is 14.9. The van der Waals surface area contributed by atoms with E-state index >= 15 is 0 Å². The van der Waals surface area contributed by atoms with Crippen LogP contribution in [-0.2, 0) is 0 Å². The van der Waals surface area contributed by atoms with Crippen molar-refractivity contribution >= 4 is 37.5 Å². The van der Waals surface area contributed by atoms with E-state index in [1.807, 2.05) is 42.5 Å². The van der Waals surface area contributed by atoms with E-state index in [0.717, 1.165) is 25.9 Å². The Morgan fingerprint density at radius 3 is 2.65 bits per heavy atom. The Hall–Kier alpha value is -1.51. The zero-order chi connectivity index (χ0) is 14.5. The number of rotatable bonds is 4. The summed E-state index contributed by atoms with van der Waals surface area (Å²) in [6, 6.07) is 15.1. The predicted octanol–water partition coefficient (Wildman–Crippen LogP) is 4.90. The third-order valence-electron chi connectivity index (χ3n) is 2.78. The maximum Gasteiger partial charge on any atom is 0.141 e. The number of methoxy groups -OCH3 is 1. The van der Waals surface area contributed by atoms with Gasteiger partial charge in [0.05, 0.1) is 13.2 Å². The third-order valence-corrected chi connectivity index (χ3v) is 3.99. The van der Waals surface area contributed by atoms with Gasteiger partial charge in [0, 0.05) is 20.2 Å². The maximum absolute atomic E-state index is 9.41. The van der Waals surface area contributed by atoms with Crippen molar-refractivity contribution in [2.24, 2.45) is 0 Å². The minimum atomic E-state index is -0.464. The zero-order valence-corrected chi connectivity index (χ0v) is 13.9. The molecule has 3 nitrogen and oxygen atoms in total. The second-order valence-corrected chi connectivity index (χ2v) is 5.87. The van der Waals surface area contributed by atoms with Crippen LogP contribution >= 0.6 is 31.9 Å². The summed E-state index contributed by atoms with van der Waals surface area (Å²) in [5, 5.41) is 12.6. The molecule has 0 saturated heterocycles. The Labute approximate surface area is 134 Å². The van der Waals surface area contributed by atoms with Crippen LogP contribution in [0.4, 0.5) is 5.69 Å². The van der Waals surface area contributed by atoms with Gasteiger partial charge in [0.1, 0.15) is 11.8 Å². The predicted molar refractivity (Wildman–Crippen MR) is 86.8 cm³/mol. The number of nitrogens with one attached hydrogen (secondary N) is 1. The molecule has 5 heteroatoms. The van der Waals surface area contributed by atoms with Gasteiger partial charge >= 0.3 is 0 Å². The SMILES string of the molecule is COc1ccc(Br)c(C(C#N)Nc2cccc(Br)c2)c1. The van der Waals surface area contributed by atoms with Crippen molar-refractivity contribution in [1.29, 1.82) is 5.26 Å². The van der Waals surface area contributed by atoms with Gasteiger partial charge in [-0.05, 0) is 36.4 Å². The quantitative estimate of drug-likeness (QED) is 0.800. The molecule has 102 valence electrons. The van der Waals surface area contributed by atoms with Crippen LogP contribution in [0.2, 0.25) is 0 Å². The van der Waals surface area contributed by atoms with Crippen molar-refractivity contribution < 1.29 is 4.74 Å². The van der Waals surface area contributed by atoms with Gasteiger partial charge in [0.25, 0.3) is 0 Å². The van der Waals surface area contributed by atoms with Gasteiger partial charge in [-0.25, -0.2) is 0 Å².